The largest absolute Gasteiger partial charge is 0.497 e. The van der Waals surface area contributed by atoms with Crippen molar-refractivity contribution in [1.29, 1.82) is 0 Å². The summed E-state index contributed by atoms with van der Waals surface area (Å²) in [7, 11) is 1.55. The lowest BCUT2D eigenvalue weighted by Crippen LogP contribution is -2.16. The van der Waals surface area contributed by atoms with Gasteiger partial charge in [0, 0.05) is 5.69 Å². The fraction of sp³-hybridized carbons (Fsp3) is 0.0714. The number of amides is 1. The van der Waals surface area contributed by atoms with E-state index in [0.717, 1.165) is 0 Å². The van der Waals surface area contributed by atoms with Crippen molar-refractivity contribution in [3.8, 4) is 11.5 Å². The molecule has 0 saturated carbocycles. The van der Waals surface area contributed by atoms with Gasteiger partial charge in [0.2, 0.25) is 0 Å². The minimum atomic E-state index is -0.642. The number of hydrogen-bond acceptors (Lipinski definition) is 3. The van der Waals surface area contributed by atoms with Crippen LogP contribution in [0.2, 0.25) is 0 Å². The van der Waals surface area contributed by atoms with Crippen molar-refractivity contribution in [3.63, 3.8) is 0 Å². The average Bonchev–Trinajstić information content (AvgIpc) is 2.42. The maximum absolute atomic E-state index is 12.7. The van der Waals surface area contributed by atoms with Gasteiger partial charge < -0.3 is 9.47 Å². The highest BCUT2D eigenvalue weighted by Gasteiger charge is 2.05. The Balaban J connectivity index is 1.95. The first-order valence-corrected chi connectivity index (χ1v) is 5.56. The summed E-state index contributed by atoms with van der Waals surface area (Å²) in [4.78, 5) is 11.6. The van der Waals surface area contributed by atoms with Gasteiger partial charge in [-0.05, 0) is 48.5 Å². The van der Waals surface area contributed by atoms with E-state index in [1.54, 1.807) is 31.4 Å². The lowest BCUT2D eigenvalue weighted by Gasteiger charge is -2.07. The van der Waals surface area contributed by atoms with Crippen LogP contribution in [0.1, 0.15) is 0 Å². The minimum Gasteiger partial charge on any atom is -0.497 e. The topological polar surface area (TPSA) is 47.6 Å². The summed E-state index contributed by atoms with van der Waals surface area (Å²) in [5, 5.41) is 2.49. The molecule has 0 aromatic heterocycles. The molecule has 1 N–H and O–H groups in total. The van der Waals surface area contributed by atoms with Crippen molar-refractivity contribution in [2.75, 3.05) is 12.4 Å². The van der Waals surface area contributed by atoms with Gasteiger partial charge in [-0.25, -0.2) is 9.18 Å². The molecular weight excluding hydrogens is 249 g/mol. The van der Waals surface area contributed by atoms with Gasteiger partial charge in [-0.1, -0.05) is 0 Å². The van der Waals surface area contributed by atoms with Gasteiger partial charge in [0.15, 0.2) is 0 Å². The van der Waals surface area contributed by atoms with Crippen LogP contribution in [-0.4, -0.2) is 13.2 Å². The predicted octanol–water partition coefficient (Wildman–Crippen LogP) is 3.45. The number of carbonyl (C=O) groups is 1. The van der Waals surface area contributed by atoms with Crippen LogP contribution >= 0.6 is 0 Å². The van der Waals surface area contributed by atoms with Crippen LogP contribution in [0, 0.1) is 5.82 Å². The Morgan fingerprint density at radius 3 is 2.16 bits per heavy atom. The van der Waals surface area contributed by atoms with Crippen molar-refractivity contribution >= 4 is 11.8 Å². The van der Waals surface area contributed by atoms with Gasteiger partial charge in [0.05, 0.1) is 7.11 Å². The smallest absolute Gasteiger partial charge is 0.417 e. The fourth-order valence-electron chi connectivity index (χ4n) is 1.43. The number of benzene rings is 2. The number of carbonyl (C=O) groups excluding carboxylic acids is 1. The molecule has 4 nitrogen and oxygen atoms in total. The molecule has 0 aliphatic heterocycles. The lowest BCUT2D eigenvalue weighted by molar-refractivity contribution is 0.215. The van der Waals surface area contributed by atoms with Crippen LogP contribution in [0.15, 0.2) is 48.5 Å². The molecule has 0 radical (unpaired) electrons. The van der Waals surface area contributed by atoms with Crippen LogP contribution in [0.5, 0.6) is 11.5 Å². The molecule has 98 valence electrons. The summed E-state index contributed by atoms with van der Waals surface area (Å²) in [5.41, 5.74) is 0.458. The number of hydrogen-bond donors (Lipinski definition) is 1. The molecule has 0 bridgehead atoms. The van der Waals surface area contributed by atoms with Crippen LogP contribution in [0.25, 0.3) is 0 Å². The number of methoxy groups -OCH3 is 1. The average molecular weight is 261 g/mol. The van der Waals surface area contributed by atoms with Gasteiger partial charge in [-0.2, -0.15) is 0 Å². The maximum atomic E-state index is 12.7. The zero-order chi connectivity index (χ0) is 13.7. The first kappa shape index (κ1) is 12.9. The number of nitrogens with one attached hydrogen (secondary N) is 1. The zero-order valence-electron chi connectivity index (χ0n) is 10.2. The van der Waals surface area contributed by atoms with Crippen LogP contribution in [-0.2, 0) is 0 Å². The Bertz CT molecular complexity index is 552. The van der Waals surface area contributed by atoms with Gasteiger partial charge in [0.25, 0.3) is 0 Å². The van der Waals surface area contributed by atoms with Crippen molar-refractivity contribution in [3.05, 3.63) is 54.3 Å². The van der Waals surface area contributed by atoms with E-state index >= 15 is 0 Å². The highest BCUT2D eigenvalue weighted by atomic mass is 19.1. The van der Waals surface area contributed by atoms with Crippen molar-refractivity contribution in [2.45, 2.75) is 0 Å². The molecule has 2 aromatic carbocycles. The van der Waals surface area contributed by atoms with E-state index in [9.17, 15) is 9.18 Å². The third-order valence-corrected chi connectivity index (χ3v) is 2.36. The molecule has 0 saturated heterocycles. The molecule has 0 spiro atoms. The second-order valence-corrected chi connectivity index (χ2v) is 3.70. The number of anilines is 1. The molecule has 19 heavy (non-hydrogen) atoms. The van der Waals surface area contributed by atoms with Gasteiger partial charge in [0.1, 0.15) is 17.3 Å². The Morgan fingerprint density at radius 2 is 1.58 bits per heavy atom. The van der Waals surface area contributed by atoms with Gasteiger partial charge in [-0.15, -0.1) is 0 Å². The molecule has 0 fully saturated rings. The van der Waals surface area contributed by atoms with E-state index in [1.807, 2.05) is 0 Å². The predicted molar refractivity (Wildman–Crippen MR) is 69.0 cm³/mol. The molecule has 0 aliphatic carbocycles. The van der Waals surface area contributed by atoms with E-state index in [1.165, 1.54) is 24.3 Å². The first-order chi connectivity index (χ1) is 9.17. The van der Waals surface area contributed by atoms with Crippen molar-refractivity contribution in [1.82, 2.24) is 0 Å². The molecule has 2 rings (SSSR count). The normalized spacial score (nSPS) is 9.79. The Labute approximate surface area is 109 Å². The summed E-state index contributed by atoms with van der Waals surface area (Å²) < 4.78 is 22.7. The summed E-state index contributed by atoms with van der Waals surface area (Å²) in [6.07, 6.45) is -0.642. The van der Waals surface area contributed by atoms with Gasteiger partial charge in [-0.3, -0.25) is 5.32 Å². The number of ether oxygens (including phenoxy) is 2. The standard InChI is InChI=1S/C14H12FNO3/c1-18-12-6-8-13(9-7-12)19-14(17)16-11-4-2-10(15)3-5-11/h2-9H,1H3,(H,16,17). The van der Waals surface area contributed by atoms with E-state index in [4.69, 9.17) is 9.47 Å². The molecule has 0 unspecified atom stereocenters. The third kappa shape index (κ3) is 3.70. The summed E-state index contributed by atoms with van der Waals surface area (Å²) in [5.74, 6) is 0.695. The van der Waals surface area contributed by atoms with Crippen LogP contribution in [0.3, 0.4) is 0 Å². The summed E-state index contributed by atoms with van der Waals surface area (Å²) in [6, 6.07) is 12.0. The van der Waals surface area contributed by atoms with Crippen molar-refractivity contribution in [2.24, 2.45) is 0 Å². The monoisotopic (exact) mass is 261 g/mol. The summed E-state index contributed by atoms with van der Waals surface area (Å²) >= 11 is 0. The molecule has 0 aliphatic rings. The van der Waals surface area contributed by atoms with Crippen molar-refractivity contribution < 1.29 is 18.7 Å². The molecule has 0 atom stereocenters. The lowest BCUT2D eigenvalue weighted by atomic mass is 10.3. The number of rotatable bonds is 3. The highest BCUT2D eigenvalue weighted by Crippen LogP contribution is 2.17. The molecule has 5 heteroatoms. The van der Waals surface area contributed by atoms with Crippen LogP contribution in [0.4, 0.5) is 14.9 Å². The van der Waals surface area contributed by atoms with Gasteiger partial charge >= 0.3 is 6.09 Å². The SMILES string of the molecule is COc1ccc(OC(=O)Nc2ccc(F)cc2)cc1. The summed E-state index contributed by atoms with van der Waals surface area (Å²) in [6.45, 7) is 0. The Morgan fingerprint density at radius 1 is 1.00 bits per heavy atom. The second-order valence-electron chi connectivity index (χ2n) is 3.70. The van der Waals surface area contributed by atoms with E-state index < -0.39 is 6.09 Å². The number of halogens is 1. The minimum absolute atomic E-state index is 0.367. The maximum Gasteiger partial charge on any atom is 0.417 e. The second kappa shape index (κ2) is 5.86. The highest BCUT2D eigenvalue weighted by molar-refractivity contribution is 5.86. The molecule has 2 aromatic rings. The first-order valence-electron chi connectivity index (χ1n) is 5.56. The molecular formula is C14H12FNO3. The van der Waals surface area contributed by atoms with E-state index in [0.29, 0.717) is 17.2 Å². The molecule has 0 heterocycles. The van der Waals surface area contributed by atoms with E-state index in [2.05, 4.69) is 5.32 Å². The van der Waals surface area contributed by atoms with Crippen LogP contribution < -0.4 is 14.8 Å². The quantitative estimate of drug-likeness (QED) is 0.920. The van der Waals surface area contributed by atoms with E-state index in [-0.39, 0.29) is 5.82 Å². The molecule has 1 amide bonds. The fourth-order valence-corrected chi connectivity index (χ4v) is 1.43. The Hall–Kier alpha value is -2.56. The third-order valence-electron chi connectivity index (χ3n) is 2.36. The Kier molecular flexibility index (Phi) is 3.97. The zero-order valence-corrected chi connectivity index (χ0v) is 10.2.